The van der Waals surface area contributed by atoms with Crippen LogP contribution in [-0.2, 0) is 0 Å². The summed E-state index contributed by atoms with van der Waals surface area (Å²) < 4.78 is 12.9. The second kappa shape index (κ2) is 7.53. The largest absolute Gasteiger partial charge is 0.300 e. The third kappa shape index (κ3) is 3.83. The molecule has 132 valence electrons. The SMILES string of the molecule is Cl.O=C(CCCN1CC2CC3CC(C2)CC1C3)c1ccc(F)cc1. The van der Waals surface area contributed by atoms with E-state index in [4.69, 9.17) is 0 Å². The molecule has 2 unspecified atom stereocenters. The lowest BCUT2D eigenvalue weighted by molar-refractivity contribution is 0.0960. The van der Waals surface area contributed by atoms with Gasteiger partial charge in [0.2, 0.25) is 0 Å². The summed E-state index contributed by atoms with van der Waals surface area (Å²) in [6.07, 6.45) is 8.64. The maximum atomic E-state index is 12.9. The minimum atomic E-state index is -0.281. The zero-order valence-corrected chi connectivity index (χ0v) is 14.9. The van der Waals surface area contributed by atoms with Gasteiger partial charge in [0.05, 0.1) is 0 Å². The average molecular weight is 352 g/mol. The lowest BCUT2D eigenvalue weighted by atomic mass is 9.68. The van der Waals surface area contributed by atoms with Crippen LogP contribution in [0.3, 0.4) is 0 Å². The molecule has 1 aromatic carbocycles. The van der Waals surface area contributed by atoms with Crippen molar-refractivity contribution in [1.82, 2.24) is 4.90 Å². The van der Waals surface area contributed by atoms with Gasteiger partial charge in [0.1, 0.15) is 5.82 Å². The molecule has 0 radical (unpaired) electrons. The van der Waals surface area contributed by atoms with Crippen molar-refractivity contribution < 1.29 is 9.18 Å². The van der Waals surface area contributed by atoms with Gasteiger partial charge in [0, 0.05) is 24.6 Å². The van der Waals surface area contributed by atoms with E-state index in [9.17, 15) is 9.18 Å². The Bertz CT molecular complexity index is 562. The van der Waals surface area contributed by atoms with Crippen LogP contribution in [0.5, 0.6) is 0 Å². The van der Waals surface area contributed by atoms with Crippen molar-refractivity contribution in [3.63, 3.8) is 0 Å². The first-order valence-corrected chi connectivity index (χ1v) is 9.20. The molecule has 2 nitrogen and oxygen atoms in total. The predicted octanol–water partition coefficient (Wildman–Crippen LogP) is 4.72. The first-order chi connectivity index (χ1) is 11.2. The topological polar surface area (TPSA) is 20.3 Å². The molecule has 5 rings (SSSR count). The van der Waals surface area contributed by atoms with E-state index in [-0.39, 0.29) is 24.0 Å². The molecule has 2 aliphatic heterocycles. The molecule has 2 atom stereocenters. The molecule has 0 aromatic heterocycles. The minimum absolute atomic E-state index is 0. The van der Waals surface area contributed by atoms with Crippen LogP contribution in [-0.4, -0.2) is 29.8 Å². The quantitative estimate of drug-likeness (QED) is 0.715. The fraction of sp³-hybridized carbons (Fsp3) is 0.650. The van der Waals surface area contributed by atoms with Gasteiger partial charge in [0.15, 0.2) is 5.78 Å². The van der Waals surface area contributed by atoms with Crippen LogP contribution < -0.4 is 0 Å². The molecular weight excluding hydrogens is 325 g/mol. The van der Waals surface area contributed by atoms with E-state index in [0.717, 1.165) is 36.8 Å². The van der Waals surface area contributed by atoms with Crippen LogP contribution in [0.25, 0.3) is 0 Å². The third-order valence-electron chi connectivity index (χ3n) is 6.24. The number of rotatable bonds is 5. The summed E-state index contributed by atoms with van der Waals surface area (Å²) in [6, 6.07) is 6.72. The van der Waals surface area contributed by atoms with Crippen LogP contribution >= 0.6 is 12.4 Å². The standard InChI is InChI=1S/C20H26FNO.ClH/c21-18-5-3-17(4-6-18)20(23)2-1-7-22-13-16-9-14-8-15(10-16)12-19(22)11-14;/h3-6,14-16,19H,1-2,7-13H2;1H. The Kier molecular flexibility index (Phi) is 5.61. The Labute approximate surface area is 150 Å². The molecule has 4 bridgehead atoms. The Hall–Kier alpha value is -0.930. The molecule has 2 saturated heterocycles. The molecule has 1 aromatic rings. The zero-order chi connectivity index (χ0) is 15.8. The second-order valence-electron chi connectivity index (χ2n) is 7.96. The summed E-state index contributed by atoms with van der Waals surface area (Å²) >= 11 is 0. The van der Waals surface area contributed by atoms with Gasteiger partial charge in [-0.05, 0) is 87.1 Å². The summed E-state index contributed by atoms with van der Waals surface area (Å²) in [5, 5.41) is 0. The van der Waals surface area contributed by atoms with Crippen LogP contribution in [0.4, 0.5) is 4.39 Å². The summed E-state index contributed by atoms with van der Waals surface area (Å²) in [6.45, 7) is 2.30. The third-order valence-corrected chi connectivity index (χ3v) is 6.24. The van der Waals surface area contributed by atoms with Crippen LogP contribution in [0, 0.1) is 23.6 Å². The van der Waals surface area contributed by atoms with Gasteiger partial charge >= 0.3 is 0 Å². The predicted molar refractivity (Wildman–Crippen MR) is 96.1 cm³/mol. The zero-order valence-electron chi connectivity index (χ0n) is 14.1. The van der Waals surface area contributed by atoms with Crippen molar-refractivity contribution in [2.24, 2.45) is 17.8 Å². The number of fused-ring (bicyclic) bond motifs is 1. The number of Topliss-reactive ketones (excluding diaryl/α,β-unsaturated/α-hetero) is 1. The summed E-state index contributed by atoms with van der Waals surface area (Å²) in [5.41, 5.74) is 0.641. The number of carbonyl (C=O) groups excluding carboxylic acids is 1. The van der Waals surface area contributed by atoms with Crippen LogP contribution in [0.2, 0.25) is 0 Å². The van der Waals surface area contributed by atoms with Gasteiger partial charge < -0.3 is 4.90 Å². The smallest absolute Gasteiger partial charge is 0.162 e. The van der Waals surface area contributed by atoms with Crippen LogP contribution in [0.15, 0.2) is 24.3 Å². The molecule has 2 saturated carbocycles. The summed E-state index contributed by atoms with van der Waals surface area (Å²) in [4.78, 5) is 14.9. The lowest BCUT2D eigenvalue weighted by Crippen LogP contribution is -2.38. The molecule has 4 fully saturated rings. The van der Waals surface area contributed by atoms with Crippen molar-refractivity contribution in [2.75, 3.05) is 13.1 Å². The van der Waals surface area contributed by atoms with Crippen molar-refractivity contribution in [3.8, 4) is 0 Å². The van der Waals surface area contributed by atoms with Gasteiger partial charge in [-0.1, -0.05) is 0 Å². The van der Waals surface area contributed by atoms with Gasteiger partial charge in [0.25, 0.3) is 0 Å². The van der Waals surface area contributed by atoms with Crippen molar-refractivity contribution in [2.45, 2.75) is 51.0 Å². The first-order valence-electron chi connectivity index (χ1n) is 9.20. The number of nitrogens with zero attached hydrogens (tertiary/aromatic N) is 1. The number of halogens is 2. The fourth-order valence-electron chi connectivity index (χ4n) is 5.38. The lowest BCUT2D eigenvalue weighted by Gasteiger charge is -2.39. The number of hydrogen-bond acceptors (Lipinski definition) is 2. The van der Waals surface area contributed by atoms with Crippen molar-refractivity contribution in [1.29, 1.82) is 0 Å². The molecule has 2 heterocycles. The maximum absolute atomic E-state index is 12.9. The Balaban J connectivity index is 0.00000169. The van der Waals surface area contributed by atoms with Crippen molar-refractivity contribution in [3.05, 3.63) is 35.6 Å². The first kappa shape index (κ1) is 17.9. The number of carbonyl (C=O) groups is 1. The Morgan fingerprint density at radius 2 is 1.62 bits per heavy atom. The summed E-state index contributed by atoms with van der Waals surface area (Å²) in [7, 11) is 0. The number of hydrogen-bond donors (Lipinski definition) is 0. The highest BCUT2D eigenvalue weighted by Crippen LogP contribution is 2.47. The molecule has 4 aliphatic rings. The maximum Gasteiger partial charge on any atom is 0.162 e. The normalized spacial score (nSPS) is 31.5. The Morgan fingerprint density at radius 3 is 2.29 bits per heavy atom. The molecule has 0 amide bonds. The highest BCUT2D eigenvalue weighted by molar-refractivity contribution is 5.95. The number of benzene rings is 1. The van der Waals surface area contributed by atoms with Gasteiger partial charge in [-0.25, -0.2) is 4.39 Å². The molecule has 24 heavy (non-hydrogen) atoms. The number of ketones is 1. The highest BCUT2D eigenvalue weighted by Gasteiger charge is 2.42. The van der Waals surface area contributed by atoms with E-state index >= 15 is 0 Å². The molecule has 0 spiro atoms. The van der Waals surface area contributed by atoms with E-state index in [1.54, 1.807) is 12.1 Å². The molecule has 0 N–H and O–H groups in total. The molecule has 4 heteroatoms. The van der Waals surface area contributed by atoms with Crippen molar-refractivity contribution >= 4 is 18.2 Å². The second-order valence-corrected chi connectivity index (χ2v) is 7.96. The highest BCUT2D eigenvalue weighted by atomic mass is 35.5. The Morgan fingerprint density at radius 1 is 1.00 bits per heavy atom. The van der Waals surface area contributed by atoms with Gasteiger partial charge in [-0.15, -0.1) is 12.4 Å². The molecule has 2 aliphatic carbocycles. The van der Waals surface area contributed by atoms with E-state index < -0.39 is 0 Å². The van der Waals surface area contributed by atoms with E-state index in [1.807, 2.05) is 0 Å². The molecular formula is C20H27ClFNO. The van der Waals surface area contributed by atoms with E-state index in [1.165, 1.54) is 50.8 Å². The van der Waals surface area contributed by atoms with E-state index in [0.29, 0.717) is 12.0 Å². The van der Waals surface area contributed by atoms with E-state index in [2.05, 4.69) is 4.90 Å². The monoisotopic (exact) mass is 351 g/mol. The average Bonchev–Trinajstić information content (AvgIpc) is 2.71. The summed E-state index contributed by atoms with van der Waals surface area (Å²) in [5.74, 6) is 2.72. The van der Waals surface area contributed by atoms with Crippen LogP contribution in [0.1, 0.15) is 55.3 Å². The fourth-order valence-corrected chi connectivity index (χ4v) is 5.38. The van der Waals surface area contributed by atoms with Gasteiger partial charge in [-0.2, -0.15) is 0 Å². The van der Waals surface area contributed by atoms with Gasteiger partial charge in [-0.3, -0.25) is 4.79 Å². The minimum Gasteiger partial charge on any atom is -0.300 e.